The zero-order chi connectivity index (χ0) is 18.8. The fourth-order valence-electron chi connectivity index (χ4n) is 4.81. The molecule has 0 saturated heterocycles. The lowest BCUT2D eigenvalue weighted by atomic mass is 9.70. The molecular formula is C24H26F2O. The average Bonchev–Trinajstić information content (AvgIpc) is 2.67. The van der Waals surface area contributed by atoms with Gasteiger partial charge in [0.25, 0.3) is 0 Å². The first-order chi connectivity index (χ1) is 13.1. The number of rotatable bonds is 4. The molecule has 0 amide bonds. The van der Waals surface area contributed by atoms with E-state index in [1.54, 1.807) is 23.3 Å². The van der Waals surface area contributed by atoms with Crippen LogP contribution in [0.25, 0.3) is 0 Å². The molecule has 3 heteroatoms. The van der Waals surface area contributed by atoms with Crippen molar-refractivity contribution in [1.82, 2.24) is 0 Å². The van der Waals surface area contributed by atoms with Crippen molar-refractivity contribution in [2.45, 2.75) is 58.0 Å². The molecule has 3 aliphatic rings. The predicted molar refractivity (Wildman–Crippen MR) is 105 cm³/mol. The fourth-order valence-corrected chi connectivity index (χ4v) is 4.81. The van der Waals surface area contributed by atoms with Crippen LogP contribution >= 0.6 is 0 Å². The van der Waals surface area contributed by atoms with Crippen LogP contribution in [0.4, 0.5) is 8.78 Å². The molecule has 0 radical (unpaired) electrons. The highest BCUT2D eigenvalue weighted by Gasteiger charge is 2.29. The second-order valence-electron chi connectivity index (χ2n) is 7.75. The first-order valence-corrected chi connectivity index (χ1v) is 9.92. The van der Waals surface area contributed by atoms with E-state index in [1.807, 2.05) is 12.1 Å². The predicted octanol–water partition coefficient (Wildman–Crippen LogP) is 7.09. The van der Waals surface area contributed by atoms with Gasteiger partial charge in [-0.05, 0) is 91.7 Å². The monoisotopic (exact) mass is 368 g/mol. The summed E-state index contributed by atoms with van der Waals surface area (Å²) in [5.41, 5.74) is 7.42. The highest BCUT2D eigenvalue weighted by molar-refractivity contribution is 5.55. The smallest absolute Gasteiger partial charge is 0.387 e. The van der Waals surface area contributed by atoms with Gasteiger partial charge < -0.3 is 4.74 Å². The van der Waals surface area contributed by atoms with E-state index in [-0.39, 0.29) is 5.75 Å². The van der Waals surface area contributed by atoms with Gasteiger partial charge >= 0.3 is 6.61 Å². The third-order valence-electron chi connectivity index (χ3n) is 6.08. The molecule has 1 aromatic rings. The van der Waals surface area contributed by atoms with Crippen LogP contribution in [0, 0.1) is 5.92 Å². The molecule has 2 atom stereocenters. The Kier molecular flexibility index (Phi) is 5.29. The summed E-state index contributed by atoms with van der Waals surface area (Å²) < 4.78 is 29.1. The molecule has 0 spiro atoms. The minimum Gasteiger partial charge on any atom is -0.435 e. The highest BCUT2D eigenvalue weighted by Crippen LogP contribution is 2.47. The van der Waals surface area contributed by atoms with Gasteiger partial charge in [-0.25, -0.2) is 0 Å². The minimum atomic E-state index is -2.77. The van der Waals surface area contributed by atoms with Gasteiger partial charge in [0.2, 0.25) is 0 Å². The molecule has 3 aliphatic carbocycles. The first kappa shape index (κ1) is 18.2. The second-order valence-corrected chi connectivity index (χ2v) is 7.75. The number of hydrogen-bond acceptors (Lipinski definition) is 1. The molecule has 0 aromatic heterocycles. The summed E-state index contributed by atoms with van der Waals surface area (Å²) in [5.74, 6) is 1.36. The molecule has 2 unspecified atom stereocenters. The minimum absolute atomic E-state index is 0.234. The molecular weight excluding hydrogens is 342 g/mol. The van der Waals surface area contributed by atoms with Crippen molar-refractivity contribution in [1.29, 1.82) is 0 Å². The standard InChI is InChI=1S/C24H26F2O/c1-2-3-16-4-12-22-19(14-16)5-6-20-15-18(9-13-23(20)22)17-7-10-21(11-8-17)27-24(25)26/h2-3,5,7-8,10-12,16,18,24H,4,6,9,13-15H2,1H3/b3-2+. The van der Waals surface area contributed by atoms with E-state index < -0.39 is 6.61 Å². The maximum atomic E-state index is 12.3. The van der Waals surface area contributed by atoms with Crippen molar-refractivity contribution in [2.75, 3.05) is 0 Å². The van der Waals surface area contributed by atoms with Crippen LogP contribution in [-0.2, 0) is 0 Å². The van der Waals surface area contributed by atoms with E-state index in [0.717, 1.165) is 32.1 Å². The van der Waals surface area contributed by atoms with Crippen LogP contribution in [0.5, 0.6) is 5.75 Å². The Morgan fingerprint density at radius 3 is 2.67 bits per heavy atom. The number of benzene rings is 1. The Morgan fingerprint density at radius 1 is 1.11 bits per heavy atom. The molecule has 0 bridgehead atoms. The van der Waals surface area contributed by atoms with E-state index in [0.29, 0.717) is 11.8 Å². The van der Waals surface area contributed by atoms with Gasteiger partial charge in [0, 0.05) is 0 Å². The van der Waals surface area contributed by atoms with Crippen LogP contribution < -0.4 is 4.74 Å². The van der Waals surface area contributed by atoms with Crippen LogP contribution in [-0.4, -0.2) is 6.61 Å². The van der Waals surface area contributed by atoms with Gasteiger partial charge in [-0.2, -0.15) is 8.78 Å². The lowest BCUT2D eigenvalue weighted by Crippen LogP contribution is -2.17. The van der Waals surface area contributed by atoms with Gasteiger partial charge in [-0.15, -0.1) is 0 Å². The SMILES string of the molecule is C/C=C/C1CC=C2C(=CCC3=C2CCC(c2ccc(OC(F)F)cc2)C3)C1. The maximum absolute atomic E-state index is 12.3. The molecule has 0 N–H and O–H groups in total. The summed E-state index contributed by atoms with van der Waals surface area (Å²) in [7, 11) is 0. The quantitative estimate of drug-likeness (QED) is 0.515. The fraction of sp³-hybridized carbons (Fsp3) is 0.417. The summed E-state index contributed by atoms with van der Waals surface area (Å²) in [5, 5.41) is 0. The van der Waals surface area contributed by atoms with E-state index in [1.165, 1.54) is 23.1 Å². The van der Waals surface area contributed by atoms with Crippen LogP contribution in [0.1, 0.15) is 56.9 Å². The van der Waals surface area contributed by atoms with Gasteiger partial charge in [-0.1, -0.05) is 42.0 Å². The lowest BCUT2D eigenvalue weighted by molar-refractivity contribution is -0.0498. The largest absolute Gasteiger partial charge is 0.435 e. The van der Waals surface area contributed by atoms with E-state index in [2.05, 4.69) is 36.0 Å². The first-order valence-electron chi connectivity index (χ1n) is 9.92. The van der Waals surface area contributed by atoms with Crippen LogP contribution in [0.15, 0.2) is 70.9 Å². The lowest BCUT2D eigenvalue weighted by Gasteiger charge is -2.35. The summed E-state index contributed by atoms with van der Waals surface area (Å²) >= 11 is 0. The van der Waals surface area contributed by atoms with Crippen LogP contribution in [0.2, 0.25) is 0 Å². The number of fused-ring (bicyclic) bond motifs is 2. The van der Waals surface area contributed by atoms with Crippen molar-refractivity contribution in [2.24, 2.45) is 5.92 Å². The molecule has 0 aliphatic heterocycles. The Morgan fingerprint density at radius 2 is 1.93 bits per heavy atom. The zero-order valence-corrected chi connectivity index (χ0v) is 15.8. The Labute approximate surface area is 160 Å². The summed E-state index contributed by atoms with van der Waals surface area (Å²) in [6, 6.07) is 7.21. The number of hydrogen-bond donors (Lipinski definition) is 0. The highest BCUT2D eigenvalue weighted by atomic mass is 19.3. The van der Waals surface area contributed by atoms with Crippen LogP contribution in [0.3, 0.4) is 0 Å². The summed E-state index contributed by atoms with van der Waals surface area (Å²) in [4.78, 5) is 0. The Hall–Kier alpha value is -2.16. The normalized spacial score (nSPS) is 25.2. The summed E-state index contributed by atoms with van der Waals surface area (Å²) in [6.45, 7) is -0.666. The molecule has 1 nitrogen and oxygen atoms in total. The van der Waals surface area contributed by atoms with Crippen molar-refractivity contribution < 1.29 is 13.5 Å². The van der Waals surface area contributed by atoms with E-state index >= 15 is 0 Å². The average molecular weight is 368 g/mol. The van der Waals surface area contributed by atoms with Crippen molar-refractivity contribution >= 4 is 0 Å². The number of alkyl halides is 2. The molecule has 0 fully saturated rings. The number of halogens is 2. The van der Waals surface area contributed by atoms with E-state index in [9.17, 15) is 8.78 Å². The maximum Gasteiger partial charge on any atom is 0.387 e. The molecule has 1 aromatic carbocycles. The van der Waals surface area contributed by atoms with E-state index in [4.69, 9.17) is 0 Å². The zero-order valence-electron chi connectivity index (χ0n) is 15.8. The van der Waals surface area contributed by atoms with Crippen molar-refractivity contribution in [3.05, 3.63) is 76.4 Å². The Bertz CT molecular complexity index is 811. The molecule has 0 heterocycles. The van der Waals surface area contributed by atoms with Gasteiger partial charge in [0.05, 0.1) is 0 Å². The van der Waals surface area contributed by atoms with Gasteiger partial charge in [-0.3, -0.25) is 0 Å². The topological polar surface area (TPSA) is 9.23 Å². The third kappa shape index (κ3) is 3.92. The van der Waals surface area contributed by atoms with Crippen molar-refractivity contribution in [3.63, 3.8) is 0 Å². The molecule has 4 rings (SSSR count). The molecule has 142 valence electrons. The number of ether oxygens (including phenoxy) is 1. The van der Waals surface area contributed by atoms with Gasteiger partial charge in [0.15, 0.2) is 0 Å². The van der Waals surface area contributed by atoms with Crippen molar-refractivity contribution in [3.8, 4) is 5.75 Å². The third-order valence-corrected chi connectivity index (χ3v) is 6.08. The van der Waals surface area contributed by atoms with Gasteiger partial charge in [0.1, 0.15) is 5.75 Å². The second kappa shape index (κ2) is 7.84. The molecule has 27 heavy (non-hydrogen) atoms. The molecule has 0 saturated carbocycles. The number of allylic oxidation sites excluding steroid dienone is 8. The Balaban J connectivity index is 1.48. The summed E-state index contributed by atoms with van der Waals surface area (Å²) in [6.07, 6.45) is 16.1.